The lowest BCUT2D eigenvalue weighted by Gasteiger charge is -2.21. The smallest absolute Gasteiger partial charge is 0.231 e. The third kappa shape index (κ3) is 5.23. The van der Waals surface area contributed by atoms with Crippen LogP contribution in [0.25, 0.3) is 0 Å². The number of carbonyl (C=O) groups is 1. The average Bonchev–Trinajstić information content (AvgIpc) is 2.14. The van der Waals surface area contributed by atoms with Crippen LogP contribution in [-0.2, 0) is 4.79 Å². The molecule has 78 valence electrons. The Hall–Kier alpha value is -0.130. The van der Waals surface area contributed by atoms with Gasteiger partial charge < -0.3 is 15.5 Å². The summed E-state index contributed by atoms with van der Waals surface area (Å²) in [7, 11) is 0. The summed E-state index contributed by atoms with van der Waals surface area (Å²) in [6, 6.07) is -0.551. The highest BCUT2D eigenvalue weighted by molar-refractivity contribution is 9.09. The minimum atomic E-state index is -0.669. The Kier molecular flexibility index (Phi) is 7.22. The summed E-state index contributed by atoms with van der Waals surface area (Å²) in [6.45, 7) is 1.70. The second-order valence-electron chi connectivity index (χ2n) is 2.85. The fraction of sp³-hybridized carbons (Fsp3) is 0.875. The van der Waals surface area contributed by atoms with Crippen molar-refractivity contribution in [1.82, 2.24) is 5.32 Å². The van der Waals surface area contributed by atoms with Gasteiger partial charge in [0, 0.05) is 0 Å². The maximum atomic E-state index is 10.9. The number of rotatable bonds is 6. The second kappa shape index (κ2) is 7.29. The van der Waals surface area contributed by atoms with E-state index >= 15 is 0 Å². The molecule has 0 aliphatic carbocycles. The van der Waals surface area contributed by atoms with Crippen molar-refractivity contribution < 1.29 is 15.0 Å². The molecular weight excluding hydrogens is 238 g/mol. The van der Waals surface area contributed by atoms with E-state index in [0.29, 0.717) is 6.42 Å². The van der Waals surface area contributed by atoms with Crippen molar-refractivity contribution in [3.63, 3.8) is 0 Å². The molecule has 0 aliphatic heterocycles. The van der Waals surface area contributed by atoms with Gasteiger partial charge in [0.05, 0.1) is 24.1 Å². The molecule has 0 rings (SSSR count). The molecule has 0 spiro atoms. The van der Waals surface area contributed by atoms with Gasteiger partial charge in [-0.1, -0.05) is 29.3 Å². The second-order valence-corrected chi connectivity index (χ2v) is 3.41. The van der Waals surface area contributed by atoms with Crippen molar-refractivity contribution in [3.8, 4) is 0 Å². The molecule has 0 aliphatic rings. The van der Waals surface area contributed by atoms with Crippen molar-refractivity contribution in [2.24, 2.45) is 0 Å². The first-order valence-corrected chi connectivity index (χ1v) is 5.42. The highest BCUT2D eigenvalue weighted by Crippen LogP contribution is 2.01. The van der Waals surface area contributed by atoms with E-state index < -0.39 is 12.1 Å². The normalized spacial score (nSPS) is 15.1. The summed E-state index contributed by atoms with van der Waals surface area (Å²) in [6.07, 6.45) is 0.730. The van der Waals surface area contributed by atoms with E-state index in [4.69, 9.17) is 5.11 Å². The maximum Gasteiger partial charge on any atom is 0.231 e. The lowest BCUT2D eigenvalue weighted by atomic mass is 10.1. The largest absolute Gasteiger partial charge is 0.394 e. The van der Waals surface area contributed by atoms with E-state index in [9.17, 15) is 9.90 Å². The Balaban J connectivity index is 3.93. The van der Waals surface area contributed by atoms with Gasteiger partial charge in [0.15, 0.2) is 0 Å². The lowest BCUT2D eigenvalue weighted by Crippen LogP contribution is -2.46. The molecule has 1 amide bonds. The summed E-state index contributed by atoms with van der Waals surface area (Å²) in [5, 5.41) is 21.0. The Morgan fingerprint density at radius 2 is 2.23 bits per heavy atom. The van der Waals surface area contributed by atoms with Crippen LogP contribution in [0, 0.1) is 0 Å². The maximum absolute atomic E-state index is 10.9. The van der Waals surface area contributed by atoms with E-state index in [2.05, 4.69) is 21.2 Å². The highest BCUT2D eigenvalue weighted by Gasteiger charge is 2.18. The Bertz CT molecular complexity index is 154. The van der Waals surface area contributed by atoms with Crippen molar-refractivity contribution in [1.29, 1.82) is 0 Å². The number of aliphatic hydroxyl groups is 2. The summed E-state index contributed by atoms with van der Waals surface area (Å²) in [5.74, 6) is -0.228. The van der Waals surface area contributed by atoms with Crippen LogP contribution in [0.5, 0.6) is 0 Å². The van der Waals surface area contributed by atoms with Gasteiger partial charge in [-0.25, -0.2) is 0 Å². The van der Waals surface area contributed by atoms with Gasteiger partial charge in [0.25, 0.3) is 0 Å². The van der Waals surface area contributed by atoms with Gasteiger partial charge in [0.1, 0.15) is 0 Å². The molecule has 0 bridgehead atoms. The number of carbonyl (C=O) groups excluding carboxylic acids is 1. The SMILES string of the molecule is CCC[C@@H](O)[C@H](CO)NC(=O)CBr. The van der Waals surface area contributed by atoms with E-state index in [1.54, 1.807) is 0 Å². The van der Waals surface area contributed by atoms with Gasteiger partial charge in [-0.15, -0.1) is 0 Å². The molecule has 0 saturated heterocycles. The van der Waals surface area contributed by atoms with Crippen molar-refractivity contribution in [2.45, 2.75) is 31.9 Å². The molecule has 0 radical (unpaired) electrons. The van der Waals surface area contributed by atoms with Gasteiger partial charge in [-0.3, -0.25) is 4.79 Å². The topological polar surface area (TPSA) is 69.6 Å². The molecule has 0 aromatic carbocycles. The fourth-order valence-electron chi connectivity index (χ4n) is 1.01. The van der Waals surface area contributed by atoms with Crippen LogP contribution < -0.4 is 5.32 Å². The zero-order chi connectivity index (χ0) is 10.3. The minimum absolute atomic E-state index is 0.183. The van der Waals surface area contributed by atoms with Gasteiger partial charge >= 0.3 is 0 Å². The predicted octanol–water partition coefficient (Wildman–Crippen LogP) is 0.0194. The zero-order valence-electron chi connectivity index (χ0n) is 7.66. The zero-order valence-corrected chi connectivity index (χ0v) is 9.25. The van der Waals surface area contributed by atoms with Crippen LogP contribution in [0.1, 0.15) is 19.8 Å². The Morgan fingerprint density at radius 1 is 1.62 bits per heavy atom. The summed E-state index contributed by atoms with van der Waals surface area (Å²) < 4.78 is 0. The number of hydrogen-bond acceptors (Lipinski definition) is 3. The first-order valence-electron chi connectivity index (χ1n) is 4.29. The molecule has 0 saturated carbocycles. The first kappa shape index (κ1) is 12.9. The van der Waals surface area contributed by atoms with Crippen LogP contribution >= 0.6 is 15.9 Å². The van der Waals surface area contributed by atoms with Crippen LogP contribution in [0.2, 0.25) is 0 Å². The van der Waals surface area contributed by atoms with E-state index in [1.807, 2.05) is 6.92 Å². The molecular formula is C8H16BrNO3. The van der Waals surface area contributed by atoms with E-state index in [0.717, 1.165) is 6.42 Å². The van der Waals surface area contributed by atoms with E-state index in [-0.39, 0.29) is 17.8 Å². The Labute approximate surface area is 86.5 Å². The highest BCUT2D eigenvalue weighted by atomic mass is 79.9. The summed E-state index contributed by atoms with van der Waals surface area (Å²) >= 11 is 2.99. The summed E-state index contributed by atoms with van der Waals surface area (Å²) in [4.78, 5) is 10.9. The van der Waals surface area contributed by atoms with Gasteiger partial charge in [-0.05, 0) is 6.42 Å². The van der Waals surface area contributed by atoms with Crippen LogP contribution in [-0.4, -0.2) is 40.2 Å². The monoisotopic (exact) mass is 253 g/mol. The number of nitrogens with one attached hydrogen (secondary N) is 1. The number of alkyl halides is 1. The average molecular weight is 254 g/mol. The molecule has 0 unspecified atom stereocenters. The molecule has 0 aromatic rings. The molecule has 3 N–H and O–H groups in total. The van der Waals surface area contributed by atoms with E-state index in [1.165, 1.54) is 0 Å². The standard InChI is InChI=1S/C8H16BrNO3/c1-2-3-7(12)6(5-11)10-8(13)4-9/h6-7,11-12H,2-5H2,1H3,(H,10,13)/t6-,7+/m0/s1. The molecule has 5 heteroatoms. The summed E-state index contributed by atoms with van der Waals surface area (Å²) in [5.41, 5.74) is 0. The molecule has 0 heterocycles. The van der Waals surface area contributed by atoms with Crippen LogP contribution in [0.4, 0.5) is 0 Å². The molecule has 4 nitrogen and oxygen atoms in total. The molecule has 0 fully saturated rings. The molecule has 2 atom stereocenters. The van der Waals surface area contributed by atoms with Gasteiger partial charge in [0.2, 0.25) is 5.91 Å². The molecule has 13 heavy (non-hydrogen) atoms. The first-order chi connectivity index (χ1) is 6.15. The van der Waals surface area contributed by atoms with Crippen LogP contribution in [0.3, 0.4) is 0 Å². The van der Waals surface area contributed by atoms with Crippen LogP contribution in [0.15, 0.2) is 0 Å². The number of aliphatic hydroxyl groups excluding tert-OH is 2. The predicted molar refractivity (Wildman–Crippen MR) is 53.7 cm³/mol. The number of amides is 1. The number of hydrogen-bond donors (Lipinski definition) is 3. The van der Waals surface area contributed by atoms with Crippen molar-refractivity contribution >= 4 is 21.8 Å². The Morgan fingerprint density at radius 3 is 2.62 bits per heavy atom. The molecule has 0 aromatic heterocycles. The van der Waals surface area contributed by atoms with Crippen molar-refractivity contribution in [2.75, 3.05) is 11.9 Å². The third-order valence-electron chi connectivity index (χ3n) is 1.71. The fourth-order valence-corrected chi connectivity index (χ4v) is 1.17. The quantitative estimate of drug-likeness (QED) is 0.585. The minimum Gasteiger partial charge on any atom is -0.394 e. The van der Waals surface area contributed by atoms with Crippen molar-refractivity contribution in [3.05, 3.63) is 0 Å². The third-order valence-corrected chi connectivity index (χ3v) is 2.22. The van der Waals surface area contributed by atoms with Gasteiger partial charge in [-0.2, -0.15) is 0 Å². The number of halogens is 1. The lowest BCUT2D eigenvalue weighted by molar-refractivity contribution is -0.120.